The van der Waals surface area contributed by atoms with Crippen LogP contribution in [0.4, 0.5) is 5.69 Å². The van der Waals surface area contributed by atoms with Crippen molar-refractivity contribution in [3.8, 4) is 11.5 Å². The molecule has 3 aliphatic rings. The molecule has 1 aromatic rings. The fourth-order valence-electron chi connectivity index (χ4n) is 5.16. The molecular weight excluding hydrogens is 362 g/mol. The molecule has 7 heteroatoms. The molecule has 7 nitrogen and oxygen atoms in total. The molecule has 28 heavy (non-hydrogen) atoms. The maximum absolute atomic E-state index is 13.2. The van der Waals surface area contributed by atoms with Crippen LogP contribution in [0.25, 0.3) is 0 Å². The highest BCUT2D eigenvalue weighted by atomic mass is 16.7. The molecular formula is C21H23NO6. The number of anilines is 1. The average Bonchev–Trinajstić information content (AvgIpc) is 3.32. The van der Waals surface area contributed by atoms with Gasteiger partial charge >= 0.3 is 5.97 Å². The Morgan fingerprint density at radius 1 is 1.00 bits per heavy atom. The molecule has 0 spiro atoms. The van der Waals surface area contributed by atoms with E-state index in [2.05, 4.69) is 5.32 Å². The number of amides is 1. The van der Waals surface area contributed by atoms with Crippen LogP contribution in [-0.4, -0.2) is 29.6 Å². The van der Waals surface area contributed by atoms with Crippen LogP contribution < -0.4 is 14.8 Å². The van der Waals surface area contributed by atoms with Crippen molar-refractivity contribution in [2.24, 2.45) is 23.7 Å². The fraction of sp³-hybridized carbons (Fsp3) is 0.476. The Morgan fingerprint density at radius 3 is 2.18 bits per heavy atom. The van der Waals surface area contributed by atoms with Crippen LogP contribution in [0.1, 0.15) is 44.0 Å². The van der Waals surface area contributed by atoms with Gasteiger partial charge in [0.05, 0.1) is 17.5 Å². The first kappa shape index (κ1) is 18.5. The second-order valence-corrected chi connectivity index (χ2v) is 7.93. The topological polar surface area (TPSA) is 102 Å². The number of carbonyl (C=O) groups excluding carboxylic acids is 2. The molecule has 4 rings (SSSR count). The summed E-state index contributed by atoms with van der Waals surface area (Å²) in [5.41, 5.74) is 2.86. The molecule has 2 saturated carbocycles. The van der Waals surface area contributed by atoms with Crippen molar-refractivity contribution < 1.29 is 29.0 Å². The molecule has 0 unspecified atom stereocenters. The van der Waals surface area contributed by atoms with Gasteiger partial charge in [-0.15, -0.1) is 0 Å². The molecule has 2 bridgehead atoms. The number of hydrogen-bond acceptors (Lipinski definition) is 5. The molecule has 2 aliphatic carbocycles. The summed E-state index contributed by atoms with van der Waals surface area (Å²) in [6.07, 6.45) is 1.61. The lowest BCUT2D eigenvalue weighted by Gasteiger charge is -2.26. The van der Waals surface area contributed by atoms with Gasteiger partial charge in [0.15, 0.2) is 17.3 Å². The van der Waals surface area contributed by atoms with Gasteiger partial charge in [0.2, 0.25) is 12.7 Å². The minimum atomic E-state index is -0.941. The zero-order valence-electron chi connectivity index (χ0n) is 16.1. The van der Waals surface area contributed by atoms with Crippen molar-refractivity contribution in [3.05, 3.63) is 28.8 Å². The number of hydrogen-bond donors (Lipinski definition) is 2. The lowest BCUT2D eigenvalue weighted by atomic mass is 9.78. The normalized spacial score (nSPS) is 27.0. The molecule has 1 aromatic carbocycles. The molecule has 0 radical (unpaired) electrons. The van der Waals surface area contributed by atoms with Crippen LogP contribution in [0.5, 0.6) is 11.5 Å². The third-order valence-electron chi connectivity index (χ3n) is 6.16. The molecule has 148 valence electrons. The van der Waals surface area contributed by atoms with Crippen LogP contribution >= 0.6 is 0 Å². The summed E-state index contributed by atoms with van der Waals surface area (Å²) in [5, 5.41) is 12.6. The molecule has 1 aliphatic heterocycles. The second-order valence-electron chi connectivity index (χ2n) is 7.93. The molecule has 0 aromatic heterocycles. The van der Waals surface area contributed by atoms with E-state index in [1.165, 1.54) is 6.92 Å². The number of benzene rings is 1. The molecule has 0 saturated heterocycles. The van der Waals surface area contributed by atoms with Gasteiger partial charge in [0, 0.05) is 11.6 Å². The van der Waals surface area contributed by atoms with E-state index in [0.29, 0.717) is 22.7 Å². The van der Waals surface area contributed by atoms with Crippen molar-refractivity contribution in [3.63, 3.8) is 0 Å². The van der Waals surface area contributed by atoms with Gasteiger partial charge in [-0.25, -0.2) is 0 Å². The van der Waals surface area contributed by atoms with Crippen LogP contribution in [0.15, 0.2) is 23.3 Å². The third kappa shape index (κ3) is 2.77. The van der Waals surface area contributed by atoms with Crippen LogP contribution in [0.3, 0.4) is 0 Å². The van der Waals surface area contributed by atoms with Crippen LogP contribution in [0.2, 0.25) is 0 Å². The minimum absolute atomic E-state index is 0.0570. The maximum Gasteiger partial charge on any atom is 0.307 e. The Bertz CT molecular complexity index is 914. The van der Waals surface area contributed by atoms with Crippen molar-refractivity contribution in [2.75, 3.05) is 12.1 Å². The Morgan fingerprint density at radius 2 is 1.61 bits per heavy atom. The van der Waals surface area contributed by atoms with Crippen molar-refractivity contribution in [2.45, 2.75) is 33.6 Å². The molecule has 1 amide bonds. The highest BCUT2D eigenvalue weighted by Gasteiger charge is 2.57. The number of carboxylic acids is 1. The summed E-state index contributed by atoms with van der Waals surface area (Å²) in [4.78, 5) is 37.2. The smallest absolute Gasteiger partial charge is 0.307 e. The van der Waals surface area contributed by atoms with Gasteiger partial charge in [-0.3, -0.25) is 14.4 Å². The molecule has 1 heterocycles. The minimum Gasteiger partial charge on any atom is -0.481 e. The van der Waals surface area contributed by atoms with Gasteiger partial charge < -0.3 is 19.9 Å². The first-order valence-electron chi connectivity index (χ1n) is 9.45. The highest BCUT2D eigenvalue weighted by Crippen LogP contribution is 2.57. The Labute approximate surface area is 162 Å². The summed E-state index contributed by atoms with van der Waals surface area (Å²) < 4.78 is 10.7. The number of aliphatic carboxylic acids is 1. The number of carboxylic acid groups (broad SMARTS) is 1. The van der Waals surface area contributed by atoms with Gasteiger partial charge in [0.25, 0.3) is 0 Å². The Hall–Kier alpha value is -2.83. The SMILES string of the molecule is CC(=O)c1cc2c(cc1NC(=O)[C@H]1[C@H](C(=O)O)[C@H]3CC[C@H]1C3=C(C)C)OCO2. The average molecular weight is 385 g/mol. The van der Waals surface area contributed by atoms with E-state index in [-0.39, 0.29) is 30.3 Å². The third-order valence-corrected chi connectivity index (χ3v) is 6.16. The zero-order chi connectivity index (χ0) is 20.2. The summed E-state index contributed by atoms with van der Waals surface area (Å²) in [5.74, 6) is -2.15. The van der Waals surface area contributed by atoms with Gasteiger partial charge in [0.1, 0.15) is 0 Å². The van der Waals surface area contributed by atoms with Gasteiger partial charge in [-0.2, -0.15) is 0 Å². The highest BCUT2D eigenvalue weighted by molar-refractivity contribution is 6.06. The van der Waals surface area contributed by atoms with E-state index >= 15 is 0 Å². The first-order chi connectivity index (χ1) is 13.3. The van der Waals surface area contributed by atoms with Crippen molar-refractivity contribution >= 4 is 23.3 Å². The van der Waals surface area contributed by atoms with E-state index in [1.54, 1.807) is 12.1 Å². The van der Waals surface area contributed by atoms with E-state index in [1.807, 2.05) is 13.8 Å². The Balaban J connectivity index is 1.68. The number of ether oxygens (including phenoxy) is 2. The molecule has 2 N–H and O–H groups in total. The lowest BCUT2D eigenvalue weighted by molar-refractivity contribution is -0.148. The summed E-state index contributed by atoms with van der Waals surface area (Å²) in [7, 11) is 0. The van der Waals surface area contributed by atoms with Crippen molar-refractivity contribution in [1.29, 1.82) is 0 Å². The monoisotopic (exact) mass is 385 g/mol. The van der Waals surface area contributed by atoms with E-state index in [0.717, 1.165) is 24.0 Å². The van der Waals surface area contributed by atoms with E-state index in [9.17, 15) is 19.5 Å². The van der Waals surface area contributed by atoms with Crippen LogP contribution in [0, 0.1) is 23.7 Å². The number of allylic oxidation sites excluding steroid dienone is 2. The maximum atomic E-state index is 13.2. The summed E-state index contributed by atoms with van der Waals surface area (Å²) >= 11 is 0. The predicted molar refractivity (Wildman–Crippen MR) is 100 cm³/mol. The van der Waals surface area contributed by atoms with Gasteiger partial charge in [-0.05, 0) is 51.5 Å². The number of carbonyl (C=O) groups is 3. The fourth-order valence-corrected chi connectivity index (χ4v) is 5.16. The Kier molecular flexibility index (Phi) is 4.40. The number of fused-ring (bicyclic) bond motifs is 3. The van der Waals surface area contributed by atoms with Crippen molar-refractivity contribution in [1.82, 2.24) is 0 Å². The number of ketones is 1. The quantitative estimate of drug-likeness (QED) is 0.609. The van der Waals surface area contributed by atoms with Crippen LogP contribution in [-0.2, 0) is 9.59 Å². The standard InChI is InChI=1S/C21H23NO6/c1-9(2)17-11-4-5-12(17)19(21(25)26)18(11)20(24)22-14-7-16-15(27-8-28-16)6-13(14)10(3)23/h6-7,11-12,18-19H,4-5,8H2,1-3H3,(H,22,24)(H,25,26)/t11-,12-,18+,19+/m0/s1. The second kappa shape index (κ2) is 6.65. The molecule has 2 fully saturated rings. The number of Topliss-reactive ketones (excluding diaryl/α,β-unsaturated/α-hetero) is 1. The van der Waals surface area contributed by atoms with Gasteiger partial charge in [-0.1, -0.05) is 11.1 Å². The number of rotatable bonds is 4. The number of nitrogens with one attached hydrogen (secondary N) is 1. The predicted octanol–water partition coefficient (Wildman–Crippen LogP) is 3.25. The summed E-state index contributed by atoms with van der Waals surface area (Å²) in [6.45, 7) is 5.42. The first-order valence-corrected chi connectivity index (χ1v) is 9.45. The van der Waals surface area contributed by atoms with E-state index < -0.39 is 17.8 Å². The zero-order valence-corrected chi connectivity index (χ0v) is 16.1. The van der Waals surface area contributed by atoms with E-state index in [4.69, 9.17) is 9.47 Å². The molecule has 4 atom stereocenters. The largest absolute Gasteiger partial charge is 0.481 e. The summed E-state index contributed by atoms with van der Waals surface area (Å²) in [6, 6.07) is 3.12. The lowest BCUT2D eigenvalue weighted by Crippen LogP contribution is -2.38.